The Morgan fingerprint density at radius 1 is 1.33 bits per heavy atom. The standard InChI is InChI=1S/Cd.NO3.H3N/c;2-1(3)4;/h;;1H3/q;-1;/p+1. The monoisotopic (exact) mass is 194 g/mol. The SMILES string of the molecule is O=[N+]([O-])[O-].[Cd].[NH4+]. The average molecular weight is 192 g/mol. The third-order valence-electron chi connectivity index (χ3n) is 0. The maximum absolute atomic E-state index is 8.25. The Morgan fingerprint density at radius 3 is 1.33 bits per heavy atom. The molecule has 0 amide bonds. The number of rotatable bonds is 0. The van der Waals surface area contributed by atoms with Gasteiger partial charge in [0, 0.05) is 27.3 Å². The van der Waals surface area contributed by atoms with Crippen LogP contribution in [-0.4, -0.2) is 5.09 Å². The first-order valence-electron chi connectivity index (χ1n) is 0.548. The summed E-state index contributed by atoms with van der Waals surface area (Å²) in [6.45, 7) is 0. The van der Waals surface area contributed by atoms with E-state index in [4.69, 9.17) is 15.3 Å². The minimum atomic E-state index is -1.75. The van der Waals surface area contributed by atoms with E-state index in [1.165, 1.54) is 0 Å². The molecule has 0 spiro atoms. The normalized spacial score (nSPS) is 4.00. The molecule has 0 atom stereocenters. The molecule has 0 saturated heterocycles. The van der Waals surface area contributed by atoms with Crippen molar-refractivity contribution in [2.24, 2.45) is 0 Å². The van der Waals surface area contributed by atoms with Crippen LogP contribution in [0.3, 0.4) is 0 Å². The predicted molar refractivity (Wildman–Crippen MR) is 16.3 cm³/mol. The molecule has 5 nitrogen and oxygen atoms in total. The van der Waals surface area contributed by atoms with Crippen LogP contribution in [0.4, 0.5) is 0 Å². The van der Waals surface area contributed by atoms with Gasteiger partial charge in [0.05, 0.1) is 5.09 Å². The van der Waals surface area contributed by atoms with Gasteiger partial charge in [0.1, 0.15) is 0 Å². The first-order chi connectivity index (χ1) is 1.73. The van der Waals surface area contributed by atoms with Crippen molar-refractivity contribution in [3.05, 3.63) is 15.3 Å². The van der Waals surface area contributed by atoms with E-state index in [1.54, 1.807) is 0 Å². The van der Waals surface area contributed by atoms with Gasteiger partial charge in [0.25, 0.3) is 0 Å². The van der Waals surface area contributed by atoms with Crippen molar-refractivity contribution < 1.29 is 32.4 Å². The Hall–Kier alpha value is 0.0821. The van der Waals surface area contributed by atoms with Gasteiger partial charge in [-0.15, -0.1) is 0 Å². The van der Waals surface area contributed by atoms with Gasteiger partial charge < -0.3 is 21.5 Å². The first kappa shape index (κ1) is 16.5. The smallest absolute Gasteiger partial charge is 0.0689 e. The molecule has 4 N–H and O–H groups in total. The second-order valence-corrected chi connectivity index (χ2v) is 0.224. The molecule has 0 rings (SSSR count). The summed E-state index contributed by atoms with van der Waals surface area (Å²) < 4.78 is 0. The average Bonchev–Trinajstić information content (AvgIpc) is 0.811. The van der Waals surface area contributed by atoms with Crippen molar-refractivity contribution in [2.75, 3.05) is 0 Å². The van der Waals surface area contributed by atoms with Crippen LogP contribution in [0.5, 0.6) is 0 Å². The minimum Gasteiger partial charge on any atom is -0.369 e. The van der Waals surface area contributed by atoms with Crippen molar-refractivity contribution in [3.63, 3.8) is 0 Å². The van der Waals surface area contributed by atoms with E-state index in [-0.39, 0.29) is 33.4 Å². The summed E-state index contributed by atoms with van der Waals surface area (Å²) in [4.78, 5) is 8.25. The zero-order chi connectivity index (χ0) is 3.58. The van der Waals surface area contributed by atoms with Crippen LogP contribution in [-0.2, 0) is 27.3 Å². The van der Waals surface area contributed by atoms with Crippen molar-refractivity contribution in [2.45, 2.75) is 0 Å². The van der Waals surface area contributed by atoms with Crippen LogP contribution >= 0.6 is 0 Å². The van der Waals surface area contributed by atoms with E-state index >= 15 is 0 Å². The summed E-state index contributed by atoms with van der Waals surface area (Å²) in [6.07, 6.45) is 0. The molecule has 0 aliphatic heterocycles. The Morgan fingerprint density at radius 2 is 1.33 bits per heavy atom. The maximum Gasteiger partial charge on any atom is 0.0689 e. The third-order valence-corrected chi connectivity index (χ3v) is 0. The molecule has 0 unspecified atom stereocenters. The van der Waals surface area contributed by atoms with Gasteiger partial charge in [-0.05, 0) is 0 Å². The molecular formula is H4CdN2O3. The Balaban J connectivity index is -0.0000000450. The van der Waals surface area contributed by atoms with E-state index in [1.807, 2.05) is 0 Å². The molecule has 0 radical (unpaired) electrons. The Labute approximate surface area is 54.2 Å². The number of nitrogens with zero attached hydrogens (tertiary/aromatic N) is 1. The van der Waals surface area contributed by atoms with Gasteiger partial charge >= 0.3 is 0 Å². The molecule has 0 bridgehead atoms. The number of hydrogen-bond donors (Lipinski definition) is 1. The Bertz CT molecular complexity index is 31.8. The van der Waals surface area contributed by atoms with Crippen molar-refractivity contribution in [1.29, 1.82) is 0 Å². The predicted octanol–water partition coefficient (Wildman–Crippen LogP) is 0.135. The topological polar surface area (TPSA) is 103 Å². The van der Waals surface area contributed by atoms with Gasteiger partial charge in [-0.25, -0.2) is 0 Å². The van der Waals surface area contributed by atoms with Crippen molar-refractivity contribution >= 4 is 0 Å². The summed E-state index contributed by atoms with van der Waals surface area (Å²) in [5.74, 6) is 0. The Kier molecular flexibility index (Phi) is 24.6. The van der Waals surface area contributed by atoms with Crippen LogP contribution in [0.25, 0.3) is 0 Å². The molecule has 0 aromatic heterocycles. The molecule has 0 aliphatic carbocycles. The van der Waals surface area contributed by atoms with Crippen LogP contribution in [0.15, 0.2) is 0 Å². The molecule has 0 aromatic carbocycles. The van der Waals surface area contributed by atoms with Crippen LogP contribution in [0.2, 0.25) is 0 Å². The summed E-state index contributed by atoms with van der Waals surface area (Å²) in [7, 11) is 0. The maximum atomic E-state index is 8.25. The van der Waals surface area contributed by atoms with E-state index in [0.717, 1.165) is 0 Å². The van der Waals surface area contributed by atoms with E-state index in [2.05, 4.69) is 0 Å². The zero-order valence-corrected chi connectivity index (χ0v) is 7.42. The minimum absolute atomic E-state index is 0. The van der Waals surface area contributed by atoms with Gasteiger partial charge in [-0.1, -0.05) is 0 Å². The van der Waals surface area contributed by atoms with Gasteiger partial charge in [-0.3, -0.25) is 0 Å². The van der Waals surface area contributed by atoms with Gasteiger partial charge in [-0.2, -0.15) is 0 Å². The first-order valence-corrected chi connectivity index (χ1v) is 0.548. The second-order valence-electron chi connectivity index (χ2n) is 0.224. The van der Waals surface area contributed by atoms with Crippen molar-refractivity contribution in [3.8, 4) is 0 Å². The van der Waals surface area contributed by atoms with Crippen LogP contribution < -0.4 is 6.15 Å². The zero-order valence-electron chi connectivity index (χ0n) is 3.38. The number of hydrogen-bond acceptors (Lipinski definition) is 3. The second kappa shape index (κ2) is 8.91. The summed E-state index contributed by atoms with van der Waals surface area (Å²) >= 11 is 0. The molecule has 34 valence electrons. The van der Waals surface area contributed by atoms with E-state index < -0.39 is 5.09 Å². The fourth-order valence-electron chi connectivity index (χ4n) is 0. The molecule has 0 aliphatic rings. The molecule has 6 heavy (non-hydrogen) atoms. The molecule has 0 fully saturated rings. The van der Waals surface area contributed by atoms with Gasteiger partial charge in [0.15, 0.2) is 0 Å². The fraction of sp³-hybridized carbons (Fsp3) is 0. The fourth-order valence-corrected chi connectivity index (χ4v) is 0. The summed E-state index contributed by atoms with van der Waals surface area (Å²) in [5, 5.41) is 14.8. The van der Waals surface area contributed by atoms with E-state index in [0.29, 0.717) is 0 Å². The third kappa shape index (κ3) is 5760. The van der Waals surface area contributed by atoms with Crippen molar-refractivity contribution in [1.82, 2.24) is 6.15 Å². The molecular weight excluding hydrogens is 188 g/mol. The van der Waals surface area contributed by atoms with Crippen LogP contribution in [0.1, 0.15) is 0 Å². The van der Waals surface area contributed by atoms with E-state index in [9.17, 15) is 0 Å². The summed E-state index contributed by atoms with van der Waals surface area (Å²) in [5.41, 5.74) is 0. The largest absolute Gasteiger partial charge is 0.369 e. The molecule has 0 aromatic rings. The number of quaternary nitrogens is 1. The molecule has 6 heteroatoms. The molecule has 0 saturated carbocycles. The van der Waals surface area contributed by atoms with Gasteiger partial charge in [0.2, 0.25) is 0 Å². The summed E-state index contributed by atoms with van der Waals surface area (Å²) in [6, 6.07) is 0. The molecule has 0 heterocycles. The quantitative estimate of drug-likeness (QED) is 0.335. The van der Waals surface area contributed by atoms with Crippen LogP contribution in [0, 0.1) is 15.3 Å².